The molecule has 1 atom stereocenters. The third kappa shape index (κ3) is 3.57. The number of hydrogen-bond acceptors (Lipinski definition) is 5. The molecule has 6 nitrogen and oxygen atoms in total. The van der Waals surface area contributed by atoms with E-state index in [4.69, 9.17) is 4.42 Å². The average molecular weight is 369 g/mol. The Kier molecular flexibility index (Phi) is 4.99. The fourth-order valence-corrected chi connectivity index (χ4v) is 3.85. The predicted octanol–water partition coefficient (Wildman–Crippen LogP) is 3.93. The number of amides is 2. The Morgan fingerprint density at radius 2 is 1.92 bits per heavy atom. The number of furan rings is 1. The molecule has 1 unspecified atom stereocenters. The van der Waals surface area contributed by atoms with Crippen LogP contribution in [0.2, 0.25) is 0 Å². The van der Waals surface area contributed by atoms with Crippen molar-refractivity contribution < 1.29 is 14.0 Å². The molecule has 1 aromatic heterocycles. The topological polar surface area (TPSA) is 66.1 Å². The number of carbonyl (C=O) groups is 2. The summed E-state index contributed by atoms with van der Waals surface area (Å²) >= 11 is 1.33. The van der Waals surface area contributed by atoms with Gasteiger partial charge in [-0.3, -0.25) is 14.5 Å². The number of amidine groups is 1. The van der Waals surface area contributed by atoms with Crippen molar-refractivity contribution in [2.24, 2.45) is 5.10 Å². The van der Waals surface area contributed by atoms with E-state index in [2.05, 4.69) is 5.10 Å². The van der Waals surface area contributed by atoms with Crippen molar-refractivity contribution in [3.63, 3.8) is 0 Å². The van der Waals surface area contributed by atoms with Crippen molar-refractivity contribution in [3.05, 3.63) is 60.6 Å². The highest BCUT2D eigenvalue weighted by Crippen LogP contribution is 2.41. The van der Waals surface area contributed by atoms with Gasteiger partial charge >= 0.3 is 0 Å². The first-order valence-corrected chi connectivity index (χ1v) is 8.89. The fourth-order valence-electron chi connectivity index (χ4n) is 2.64. The first-order valence-electron chi connectivity index (χ1n) is 8.07. The molecule has 1 aliphatic heterocycles. The van der Waals surface area contributed by atoms with Crippen LogP contribution in [0.25, 0.3) is 6.08 Å². The molecule has 2 amide bonds. The van der Waals surface area contributed by atoms with Crippen molar-refractivity contribution in [1.82, 2.24) is 5.01 Å². The Bertz CT molecular complexity index is 861. The molecule has 2 aromatic rings. The lowest BCUT2D eigenvalue weighted by Gasteiger charge is -2.27. The zero-order valence-electron chi connectivity index (χ0n) is 14.7. The van der Waals surface area contributed by atoms with Crippen molar-refractivity contribution in [1.29, 1.82) is 0 Å². The van der Waals surface area contributed by atoms with Crippen LogP contribution in [0.5, 0.6) is 0 Å². The summed E-state index contributed by atoms with van der Waals surface area (Å²) in [5.41, 5.74) is 0.703. The monoisotopic (exact) mass is 369 g/mol. The smallest absolute Gasteiger partial charge is 0.241 e. The number of hydrogen-bond donors (Lipinski definition) is 0. The van der Waals surface area contributed by atoms with Gasteiger partial charge in [-0.05, 0) is 43.3 Å². The van der Waals surface area contributed by atoms with Gasteiger partial charge in [0, 0.05) is 13.8 Å². The first kappa shape index (κ1) is 18.0. The Morgan fingerprint density at radius 3 is 2.50 bits per heavy atom. The Morgan fingerprint density at radius 1 is 1.19 bits per heavy atom. The standard InChI is InChI=1S/C19H19N3O3S/c1-14(23)21(16-8-5-4-6-9-16)18-20-22(15(2)24)19(3,26-18)12-11-17-10-7-13-25-17/h4-13H,1-3H3. The van der Waals surface area contributed by atoms with E-state index in [1.165, 1.54) is 35.5 Å². The minimum absolute atomic E-state index is 0.176. The molecule has 26 heavy (non-hydrogen) atoms. The van der Waals surface area contributed by atoms with Gasteiger partial charge in [-0.1, -0.05) is 30.0 Å². The lowest BCUT2D eigenvalue weighted by molar-refractivity contribution is -0.130. The van der Waals surface area contributed by atoms with Crippen LogP contribution in [0.1, 0.15) is 26.5 Å². The molecule has 0 spiro atoms. The van der Waals surface area contributed by atoms with E-state index in [9.17, 15) is 9.59 Å². The summed E-state index contributed by atoms with van der Waals surface area (Å²) < 4.78 is 5.31. The van der Waals surface area contributed by atoms with Crippen LogP contribution in [0, 0.1) is 0 Å². The van der Waals surface area contributed by atoms with E-state index in [1.54, 1.807) is 18.4 Å². The first-order chi connectivity index (χ1) is 12.4. The molecule has 0 saturated carbocycles. The maximum Gasteiger partial charge on any atom is 0.241 e. The van der Waals surface area contributed by atoms with Gasteiger partial charge in [-0.2, -0.15) is 0 Å². The van der Waals surface area contributed by atoms with Crippen LogP contribution in [-0.4, -0.2) is 26.9 Å². The lowest BCUT2D eigenvalue weighted by atomic mass is 10.2. The number of nitrogens with zero attached hydrogens (tertiary/aromatic N) is 3. The Balaban J connectivity index is 1.95. The molecular weight excluding hydrogens is 350 g/mol. The number of anilines is 1. The largest absolute Gasteiger partial charge is 0.465 e. The summed E-state index contributed by atoms with van der Waals surface area (Å²) in [6.07, 6.45) is 5.22. The van der Waals surface area contributed by atoms with Crippen LogP contribution in [-0.2, 0) is 9.59 Å². The van der Waals surface area contributed by atoms with Crippen molar-refractivity contribution in [2.75, 3.05) is 4.90 Å². The Labute approximate surface area is 156 Å². The minimum atomic E-state index is -0.767. The van der Waals surface area contributed by atoms with Gasteiger partial charge in [-0.25, -0.2) is 5.01 Å². The maximum atomic E-state index is 12.3. The molecule has 134 valence electrons. The predicted molar refractivity (Wildman–Crippen MR) is 103 cm³/mol. The normalized spacial score (nSPS) is 19.7. The summed E-state index contributed by atoms with van der Waals surface area (Å²) in [7, 11) is 0. The third-order valence-corrected chi connectivity index (χ3v) is 4.99. The number of benzene rings is 1. The molecule has 0 aliphatic carbocycles. The second-order valence-electron chi connectivity index (χ2n) is 5.91. The second-order valence-corrected chi connectivity index (χ2v) is 7.30. The number of carbonyl (C=O) groups excluding carboxylic acids is 2. The van der Waals surface area contributed by atoms with E-state index in [0.29, 0.717) is 16.6 Å². The van der Waals surface area contributed by atoms with Gasteiger partial charge in [0.1, 0.15) is 10.6 Å². The van der Waals surface area contributed by atoms with Gasteiger partial charge in [0.15, 0.2) is 5.17 Å². The van der Waals surface area contributed by atoms with E-state index in [1.807, 2.05) is 49.4 Å². The van der Waals surface area contributed by atoms with Crippen LogP contribution in [0.15, 0.2) is 64.3 Å². The van der Waals surface area contributed by atoms with Crippen molar-refractivity contribution >= 4 is 40.5 Å². The number of thioether (sulfide) groups is 1. The molecule has 0 bridgehead atoms. The van der Waals surface area contributed by atoms with Gasteiger partial charge < -0.3 is 4.42 Å². The van der Waals surface area contributed by atoms with Gasteiger partial charge in [0.25, 0.3) is 0 Å². The minimum Gasteiger partial charge on any atom is -0.465 e. The number of hydrazone groups is 1. The van der Waals surface area contributed by atoms with Gasteiger partial charge in [0.2, 0.25) is 11.8 Å². The molecule has 0 fully saturated rings. The second kappa shape index (κ2) is 7.21. The highest BCUT2D eigenvalue weighted by molar-refractivity contribution is 8.15. The molecule has 7 heteroatoms. The lowest BCUT2D eigenvalue weighted by Crippen LogP contribution is -2.38. The molecule has 2 heterocycles. The zero-order chi connectivity index (χ0) is 18.7. The van der Waals surface area contributed by atoms with E-state index in [-0.39, 0.29) is 11.8 Å². The van der Waals surface area contributed by atoms with Crippen molar-refractivity contribution in [2.45, 2.75) is 25.6 Å². The number of rotatable bonds is 3. The van der Waals surface area contributed by atoms with Gasteiger partial charge in [-0.15, -0.1) is 5.10 Å². The third-order valence-electron chi connectivity index (χ3n) is 3.82. The quantitative estimate of drug-likeness (QED) is 0.822. The Hall–Kier alpha value is -2.80. The van der Waals surface area contributed by atoms with Crippen LogP contribution in [0.4, 0.5) is 5.69 Å². The molecular formula is C19H19N3O3S. The molecule has 0 saturated heterocycles. The summed E-state index contributed by atoms with van der Waals surface area (Å²) in [6.45, 7) is 4.80. The van der Waals surface area contributed by atoms with Crippen LogP contribution >= 0.6 is 11.8 Å². The van der Waals surface area contributed by atoms with Crippen LogP contribution in [0.3, 0.4) is 0 Å². The van der Waals surface area contributed by atoms with E-state index < -0.39 is 4.87 Å². The highest BCUT2D eigenvalue weighted by Gasteiger charge is 2.42. The van der Waals surface area contributed by atoms with Crippen LogP contribution < -0.4 is 4.90 Å². The summed E-state index contributed by atoms with van der Waals surface area (Å²) in [5.74, 6) is 0.288. The molecule has 3 rings (SSSR count). The zero-order valence-corrected chi connectivity index (χ0v) is 15.6. The maximum absolute atomic E-state index is 12.3. The van der Waals surface area contributed by atoms with Gasteiger partial charge in [0.05, 0.1) is 12.0 Å². The SMILES string of the molecule is CC(=O)N(C1=NN(C(C)=O)C(C)(C=Cc2ccco2)S1)c1ccccc1. The highest BCUT2D eigenvalue weighted by atomic mass is 32.2. The summed E-state index contributed by atoms with van der Waals surface area (Å²) in [5, 5.41) is 6.26. The van der Waals surface area contributed by atoms with E-state index >= 15 is 0 Å². The van der Waals surface area contributed by atoms with Crippen molar-refractivity contribution in [3.8, 4) is 0 Å². The molecule has 1 aromatic carbocycles. The summed E-state index contributed by atoms with van der Waals surface area (Å²) in [6, 6.07) is 12.9. The molecule has 1 aliphatic rings. The number of para-hydroxylation sites is 1. The average Bonchev–Trinajstić information content (AvgIpc) is 3.22. The van der Waals surface area contributed by atoms with E-state index in [0.717, 1.165) is 0 Å². The molecule has 0 radical (unpaired) electrons. The molecule has 0 N–H and O–H groups in total. The summed E-state index contributed by atoms with van der Waals surface area (Å²) in [4.78, 5) is 25.1. The fraction of sp³-hybridized carbons (Fsp3) is 0.211.